The number of carbonyl (C=O) groups excluding carboxylic acids is 1. The average Bonchev–Trinajstić information content (AvgIpc) is 3.00. The van der Waals surface area contributed by atoms with Crippen molar-refractivity contribution < 1.29 is 14.7 Å². The van der Waals surface area contributed by atoms with Gasteiger partial charge < -0.3 is 15.0 Å². The number of aryl methyl sites for hydroxylation is 1. The van der Waals surface area contributed by atoms with Crippen LogP contribution in [0.2, 0.25) is 0 Å². The molecule has 0 saturated heterocycles. The second-order valence-electron chi connectivity index (χ2n) is 4.65. The molecule has 0 saturated carbocycles. The van der Waals surface area contributed by atoms with Crippen molar-refractivity contribution in [3.63, 3.8) is 0 Å². The summed E-state index contributed by atoms with van der Waals surface area (Å²) in [5.41, 5.74) is 0.640. The molecule has 1 aromatic carbocycles. The molecule has 0 aliphatic carbocycles. The molecule has 0 atom stereocenters. The highest BCUT2D eigenvalue weighted by molar-refractivity contribution is 5.95. The molecule has 0 unspecified atom stereocenters. The molecule has 2 rings (SSSR count). The molecular formula is C15H17N3O3. The maximum Gasteiger partial charge on any atom is 0.335 e. The Morgan fingerprint density at radius 3 is 2.48 bits per heavy atom. The minimum absolute atomic E-state index is 0.173. The first-order valence-corrected chi connectivity index (χ1v) is 6.74. The van der Waals surface area contributed by atoms with Gasteiger partial charge in [0.15, 0.2) is 0 Å². The van der Waals surface area contributed by atoms with Gasteiger partial charge in [-0.15, -0.1) is 0 Å². The maximum absolute atomic E-state index is 11.8. The lowest BCUT2D eigenvalue weighted by Gasteiger charge is -2.06. The molecule has 0 radical (unpaired) electrons. The van der Waals surface area contributed by atoms with Crippen LogP contribution >= 0.6 is 0 Å². The zero-order valence-corrected chi connectivity index (χ0v) is 11.5. The highest BCUT2D eigenvalue weighted by atomic mass is 16.4. The van der Waals surface area contributed by atoms with Gasteiger partial charge in [0.2, 0.25) is 0 Å². The minimum atomic E-state index is -0.999. The Hall–Kier alpha value is -2.63. The summed E-state index contributed by atoms with van der Waals surface area (Å²) in [5, 5.41) is 11.6. The van der Waals surface area contributed by atoms with Crippen LogP contribution in [0.25, 0.3) is 0 Å². The van der Waals surface area contributed by atoms with Crippen molar-refractivity contribution >= 4 is 11.9 Å². The van der Waals surface area contributed by atoms with Crippen molar-refractivity contribution in [2.45, 2.75) is 19.4 Å². The van der Waals surface area contributed by atoms with Crippen LogP contribution < -0.4 is 5.32 Å². The van der Waals surface area contributed by atoms with Crippen LogP contribution in [0.3, 0.4) is 0 Å². The molecule has 0 aliphatic heterocycles. The molecule has 1 aromatic heterocycles. The third-order valence-corrected chi connectivity index (χ3v) is 3.08. The molecule has 21 heavy (non-hydrogen) atoms. The van der Waals surface area contributed by atoms with Gasteiger partial charge in [-0.3, -0.25) is 4.79 Å². The average molecular weight is 287 g/mol. The van der Waals surface area contributed by atoms with Crippen LogP contribution in [-0.2, 0) is 6.54 Å². The SMILES string of the molecule is O=C(O)c1ccc(C(=O)NCCCCn2ccnc2)cc1. The molecule has 6 heteroatoms. The number of amides is 1. The molecule has 0 bridgehead atoms. The van der Waals surface area contributed by atoms with E-state index in [2.05, 4.69) is 10.3 Å². The highest BCUT2D eigenvalue weighted by Gasteiger charge is 2.07. The summed E-state index contributed by atoms with van der Waals surface area (Å²) < 4.78 is 1.99. The van der Waals surface area contributed by atoms with Gasteiger partial charge in [-0.25, -0.2) is 9.78 Å². The number of aromatic nitrogens is 2. The van der Waals surface area contributed by atoms with Gasteiger partial charge in [0.1, 0.15) is 0 Å². The van der Waals surface area contributed by atoms with E-state index < -0.39 is 5.97 Å². The fourth-order valence-corrected chi connectivity index (χ4v) is 1.91. The number of benzene rings is 1. The predicted octanol–water partition coefficient (Wildman–Crippen LogP) is 1.79. The Labute approximate surface area is 122 Å². The zero-order chi connectivity index (χ0) is 15.1. The van der Waals surface area contributed by atoms with Crippen LogP contribution in [0.5, 0.6) is 0 Å². The van der Waals surface area contributed by atoms with E-state index in [1.165, 1.54) is 24.3 Å². The maximum atomic E-state index is 11.8. The summed E-state index contributed by atoms with van der Waals surface area (Å²) in [6, 6.07) is 5.89. The second kappa shape index (κ2) is 7.23. The number of hydrogen-bond acceptors (Lipinski definition) is 3. The number of aromatic carboxylic acids is 1. The summed E-state index contributed by atoms with van der Waals surface area (Å²) in [4.78, 5) is 26.5. The van der Waals surface area contributed by atoms with Gasteiger partial charge in [0.25, 0.3) is 5.91 Å². The Kier molecular flexibility index (Phi) is 5.09. The van der Waals surface area contributed by atoms with Gasteiger partial charge in [-0.05, 0) is 37.1 Å². The quantitative estimate of drug-likeness (QED) is 0.760. The Morgan fingerprint density at radius 2 is 1.86 bits per heavy atom. The fraction of sp³-hybridized carbons (Fsp3) is 0.267. The molecule has 0 spiro atoms. The summed E-state index contributed by atoms with van der Waals surface area (Å²) in [6.07, 6.45) is 7.24. The number of carboxylic acids is 1. The van der Waals surface area contributed by atoms with Crippen LogP contribution in [-0.4, -0.2) is 33.1 Å². The van der Waals surface area contributed by atoms with Crippen molar-refractivity contribution in [3.8, 4) is 0 Å². The molecule has 1 heterocycles. The van der Waals surface area contributed by atoms with Gasteiger partial charge in [-0.2, -0.15) is 0 Å². The van der Waals surface area contributed by atoms with E-state index in [1.807, 2.05) is 10.8 Å². The lowest BCUT2D eigenvalue weighted by molar-refractivity contribution is 0.0696. The van der Waals surface area contributed by atoms with Crippen LogP contribution in [0.4, 0.5) is 0 Å². The Bertz CT molecular complexity index is 591. The predicted molar refractivity (Wildman–Crippen MR) is 77.2 cm³/mol. The third kappa shape index (κ3) is 4.45. The molecule has 2 N–H and O–H groups in total. The second-order valence-corrected chi connectivity index (χ2v) is 4.65. The van der Waals surface area contributed by atoms with Crippen LogP contribution in [0.15, 0.2) is 43.0 Å². The van der Waals surface area contributed by atoms with Crippen LogP contribution in [0.1, 0.15) is 33.6 Å². The van der Waals surface area contributed by atoms with E-state index in [-0.39, 0.29) is 11.5 Å². The largest absolute Gasteiger partial charge is 0.478 e. The summed E-state index contributed by atoms with van der Waals surface area (Å²) in [6.45, 7) is 1.47. The molecule has 2 aromatic rings. The lowest BCUT2D eigenvalue weighted by Crippen LogP contribution is -2.24. The van der Waals surface area contributed by atoms with E-state index in [0.717, 1.165) is 19.4 Å². The number of unbranched alkanes of at least 4 members (excludes halogenated alkanes) is 1. The lowest BCUT2D eigenvalue weighted by atomic mass is 10.1. The first kappa shape index (κ1) is 14.8. The Balaban J connectivity index is 1.70. The number of nitrogens with one attached hydrogen (secondary N) is 1. The minimum Gasteiger partial charge on any atom is -0.478 e. The third-order valence-electron chi connectivity index (χ3n) is 3.08. The summed E-state index contributed by atoms with van der Waals surface area (Å²) >= 11 is 0. The van der Waals surface area contributed by atoms with Gasteiger partial charge in [0.05, 0.1) is 11.9 Å². The van der Waals surface area contributed by atoms with Crippen molar-refractivity contribution in [1.82, 2.24) is 14.9 Å². The fourth-order valence-electron chi connectivity index (χ4n) is 1.91. The number of carbonyl (C=O) groups is 2. The van der Waals surface area contributed by atoms with E-state index in [9.17, 15) is 9.59 Å². The number of rotatable bonds is 7. The number of imidazole rings is 1. The summed E-state index contributed by atoms with van der Waals surface area (Å²) in [5.74, 6) is -1.18. The van der Waals surface area contributed by atoms with Crippen molar-refractivity contribution in [2.75, 3.05) is 6.54 Å². The summed E-state index contributed by atoms with van der Waals surface area (Å²) in [7, 11) is 0. The van der Waals surface area contributed by atoms with Gasteiger partial charge in [-0.1, -0.05) is 0 Å². The van der Waals surface area contributed by atoms with E-state index >= 15 is 0 Å². The number of nitrogens with zero attached hydrogens (tertiary/aromatic N) is 2. The molecular weight excluding hydrogens is 270 g/mol. The van der Waals surface area contributed by atoms with E-state index in [4.69, 9.17) is 5.11 Å². The molecule has 1 amide bonds. The Morgan fingerprint density at radius 1 is 1.14 bits per heavy atom. The zero-order valence-electron chi connectivity index (χ0n) is 11.5. The number of carboxylic acid groups (broad SMARTS) is 1. The first-order valence-electron chi connectivity index (χ1n) is 6.74. The molecule has 6 nitrogen and oxygen atoms in total. The topological polar surface area (TPSA) is 84.2 Å². The molecule has 0 aliphatic rings. The normalized spacial score (nSPS) is 10.3. The molecule has 110 valence electrons. The van der Waals surface area contributed by atoms with Crippen LogP contribution in [0, 0.1) is 0 Å². The van der Waals surface area contributed by atoms with Crippen molar-refractivity contribution in [1.29, 1.82) is 0 Å². The van der Waals surface area contributed by atoms with Crippen molar-refractivity contribution in [3.05, 3.63) is 54.1 Å². The van der Waals surface area contributed by atoms with Gasteiger partial charge >= 0.3 is 5.97 Å². The monoisotopic (exact) mass is 287 g/mol. The van der Waals surface area contributed by atoms with Crippen molar-refractivity contribution in [2.24, 2.45) is 0 Å². The standard InChI is InChI=1S/C15H17N3O3/c19-14(12-3-5-13(6-4-12)15(20)21)17-7-1-2-9-18-10-8-16-11-18/h3-6,8,10-11H,1-2,7,9H2,(H,17,19)(H,20,21). The van der Waals surface area contributed by atoms with E-state index in [1.54, 1.807) is 12.5 Å². The van der Waals surface area contributed by atoms with E-state index in [0.29, 0.717) is 12.1 Å². The molecule has 0 fully saturated rings. The van der Waals surface area contributed by atoms with Gasteiger partial charge in [0, 0.05) is 31.0 Å². The smallest absolute Gasteiger partial charge is 0.335 e. The number of hydrogen-bond donors (Lipinski definition) is 2. The first-order chi connectivity index (χ1) is 10.2. The highest BCUT2D eigenvalue weighted by Crippen LogP contribution is 2.04.